The number of nitrogens with two attached hydrogens (primary N) is 1. The van der Waals surface area contributed by atoms with Gasteiger partial charge in [0.05, 0.1) is 11.4 Å². The fourth-order valence-corrected chi connectivity index (χ4v) is 2.62. The number of nitrogens with one attached hydrogen (secondary N) is 1. The lowest BCUT2D eigenvalue weighted by atomic mass is 10.1. The largest absolute Gasteiger partial charge is 0.397 e. The van der Waals surface area contributed by atoms with Crippen LogP contribution in [0.1, 0.15) is 0 Å². The highest BCUT2D eigenvalue weighted by atomic mass is 32.2. The van der Waals surface area contributed by atoms with Crippen molar-refractivity contribution >= 4 is 39.6 Å². The first-order valence-corrected chi connectivity index (χ1v) is 7.53. The molecule has 0 unspecified atom stereocenters. The highest BCUT2D eigenvalue weighted by molar-refractivity contribution is 7.98. The molecule has 0 saturated heterocycles. The summed E-state index contributed by atoms with van der Waals surface area (Å²) < 4.78 is 0. The van der Waals surface area contributed by atoms with Crippen LogP contribution >= 0.6 is 11.8 Å². The van der Waals surface area contributed by atoms with Crippen LogP contribution in [0, 0.1) is 0 Å². The Labute approximate surface area is 122 Å². The zero-order valence-electron chi connectivity index (χ0n) is 11.1. The van der Waals surface area contributed by atoms with E-state index >= 15 is 0 Å². The summed E-state index contributed by atoms with van der Waals surface area (Å²) in [6, 6.07) is 14.2. The minimum Gasteiger partial charge on any atom is -0.397 e. The molecule has 0 aliphatic carbocycles. The van der Waals surface area contributed by atoms with Crippen LogP contribution in [-0.4, -0.2) is 11.2 Å². The SMILES string of the molecule is CSc1cccc(Nc2ccc3cnccc3c2N)c1. The first-order chi connectivity index (χ1) is 9.78. The second kappa shape index (κ2) is 5.43. The van der Waals surface area contributed by atoms with Gasteiger partial charge in [-0.3, -0.25) is 4.98 Å². The Bertz CT molecular complexity index is 756. The van der Waals surface area contributed by atoms with Gasteiger partial charge in [-0.1, -0.05) is 12.1 Å². The van der Waals surface area contributed by atoms with Gasteiger partial charge in [-0.2, -0.15) is 0 Å². The van der Waals surface area contributed by atoms with Crippen LogP contribution < -0.4 is 11.1 Å². The summed E-state index contributed by atoms with van der Waals surface area (Å²) in [5.41, 5.74) is 8.95. The Morgan fingerprint density at radius 3 is 2.90 bits per heavy atom. The zero-order chi connectivity index (χ0) is 13.9. The third-order valence-corrected chi connectivity index (χ3v) is 3.94. The molecule has 0 bridgehead atoms. The fraction of sp³-hybridized carbons (Fsp3) is 0.0625. The number of pyridine rings is 1. The average molecular weight is 281 g/mol. The molecule has 2 aromatic carbocycles. The fourth-order valence-electron chi connectivity index (χ4n) is 2.16. The van der Waals surface area contributed by atoms with Gasteiger partial charge in [0, 0.05) is 33.7 Å². The molecule has 3 rings (SSSR count). The Kier molecular flexibility index (Phi) is 3.48. The summed E-state index contributed by atoms with van der Waals surface area (Å²) in [6.07, 6.45) is 5.65. The molecule has 100 valence electrons. The van der Waals surface area contributed by atoms with E-state index in [-0.39, 0.29) is 0 Å². The number of rotatable bonds is 3. The molecule has 1 heterocycles. The van der Waals surface area contributed by atoms with Crippen LogP contribution in [0.5, 0.6) is 0 Å². The smallest absolute Gasteiger partial charge is 0.0634 e. The monoisotopic (exact) mass is 281 g/mol. The van der Waals surface area contributed by atoms with Crippen molar-refractivity contribution in [3.63, 3.8) is 0 Å². The molecule has 3 aromatic rings. The number of thioether (sulfide) groups is 1. The maximum absolute atomic E-state index is 6.24. The Morgan fingerprint density at radius 2 is 2.05 bits per heavy atom. The van der Waals surface area contributed by atoms with Crippen LogP contribution in [0.15, 0.2) is 59.8 Å². The number of anilines is 3. The number of hydrogen-bond donors (Lipinski definition) is 2. The van der Waals surface area contributed by atoms with Crippen molar-refractivity contribution in [3.8, 4) is 0 Å². The molecule has 0 amide bonds. The van der Waals surface area contributed by atoms with E-state index in [4.69, 9.17) is 5.73 Å². The van der Waals surface area contributed by atoms with Crippen molar-refractivity contribution in [1.29, 1.82) is 0 Å². The van der Waals surface area contributed by atoms with Crippen LogP contribution in [0.4, 0.5) is 17.1 Å². The lowest BCUT2D eigenvalue weighted by Gasteiger charge is -2.12. The minimum atomic E-state index is 0.749. The molecule has 0 atom stereocenters. The molecule has 0 aliphatic rings. The van der Waals surface area contributed by atoms with E-state index in [1.807, 2.05) is 36.5 Å². The summed E-state index contributed by atoms with van der Waals surface area (Å²) in [5.74, 6) is 0. The van der Waals surface area contributed by atoms with Gasteiger partial charge in [-0.15, -0.1) is 11.8 Å². The lowest BCUT2D eigenvalue weighted by molar-refractivity contribution is 1.36. The third-order valence-electron chi connectivity index (χ3n) is 3.21. The van der Waals surface area contributed by atoms with E-state index < -0.39 is 0 Å². The molecular formula is C16H15N3S. The van der Waals surface area contributed by atoms with Gasteiger partial charge in [0.25, 0.3) is 0 Å². The predicted molar refractivity (Wildman–Crippen MR) is 87.7 cm³/mol. The van der Waals surface area contributed by atoms with Crippen molar-refractivity contribution in [3.05, 3.63) is 54.9 Å². The third kappa shape index (κ3) is 2.42. The van der Waals surface area contributed by atoms with Gasteiger partial charge in [0.2, 0.25) is 0 Å². The van der Waals surface area contributed by atoms with Gasteiger partial charge in [0.1, 0.15) is 0 Å². The Morgan fingerprint density at radius 1 is 1.15 bits per heavy atom. The van der Waals surface area contributed by atoms with Crippen LogP contribution in [0.25, 0.3) is 10.8 Å². The molecule has 0 aliphatic heterocycles. The van der Waals surface area contributed by atoms with E-state index in [2.05, 4.69) is 28.7 Å². The van der Waals surface area contributed by atoms with Gasteiger partial charge < -0.3 is 11.1 Å². The second-order valence-electron chi connectivity index (χ2n) is 4.48. The molecule has 0 radical (unpaired) electrons. The highest BCUT2D eigenvalue weighted by Crippen LogP contribution is 2.31. The molecule has 0 saturated carbocycles. The number of aromatic nitrogens is 1. The summed E-state index contributed by atoms with van der Waals surface area (Å²) in [7, 11) is 0. The summed E-state index contributed by atoms with van der Waals surface area (Å²) in [6.45, 7) is 0. The van der Waals surface area contributed by atoms with Crippen LogP contribution in [-0.2, 0) is 0 Å². The summed E-state index contributed by atoms with van der Waals surface area (Å²) in [4.78, 5) is 5.33. The Balaban J connectivity index is 2.00. The first-order valence-electron chi connectivity index (χ1n) is 6.31. The first kappa shape index (κ1) is 12.8. The molecule has 4 heteroatoms. The van der Waals surface area contributed by atoms with Crippen LogP contribution in [0.2, 0.25) is 0 Å². The van der Waals surface area contributed by atoms with Crippen molar-refractivity contribution in [2.75, 3.05) is 17.3 Å². The summed E-state index contributed by atoms with van der Waals surface area (Å²) >= 11 is 1.72. The molecule has 20 heavy (non-hydrogen) atoms. The molecule has 0 fully saturated rings. The maximum atomic E-state index is 6.24. The number of benzene rings is 2. The van der Waals surface area contributed by atoms with E-state index in [0.29, 0.717) is 0 Å². The predicted octanol–water partition coefficient (Wildman–Crippen LogP) is 4.28. The lowest BCUT2D eigenvalue weighted by Crippen LogP contribution is -1.97. The zero-order valence-corrected chi connectivity index (χ0v) is 11.9. The quantitative estimate of drug-likeness (QED) is 0.555. The van der Waals surface area contributed by atoms with E-state index in [1.165, 1.54) is 4.90 Å². The number of nitrogens with zero attached hydrogens (tertiary/aromatic N) is 1. The van der Waals surface area contributed by atoms with Crippen molar-refractivity contribution < 1.29 is 0 Å². The highest BCUT2D eigenvalue weighted by Gasteiger charge is 2.05. The number of nitrogen functional groups attached to an aromatic ring is 1. The molecular weight excluding hydrogens is 266 g/mol. The van der Waals surface area contributed by atoms with Crippen molar-refractivity contribution in [2.24, 2.45) is 0 Å². The Hall–Kier alpha value is -2.20. The number of hydrogen-bond acceptors (Lipinski definition) is 4. The molecule has 0 spiro atoms. The molecule has 3 N–H and O–H groups in total. The van der Waals surface area contributed by atoms with Gasteiger partial charge in [-0.25, -0.2) is 0 Å². The normalized spacial score (nSPS) is 10.7. The van der Waals surface area contributed by atoms with Crippen LogP contribution in [0.3, 0.4) is 0 Å². The van der Waals surface area contributed by atoms with Gasteiger partial charge >= 0.3 is 0 Å². The van der Waals surface area contributed by atoms with E-state index in [9.17, 15) is 0 Å². The standard InChI is InChI=1S/C16H15N3S/c1-20-13-4-2-3-12(9-13)19-15-6-5-11-10-18-8-7-14(11)16(15)17/h2-10,19H,17H2,1H3. The molecule has 3 nitrogen and oxygen atoms in total. The average Bonchev–Trinajstić information content (AvgIpc) is 2.50. The van der Waals surface area contributed by atoms with Gasteiger partial charge in [-0.05, 0) is 36.6 Å². The topological polar surface area (TPSA) is 50.9 Å². The number of fused-ring (bicyclic) bond motifs is 1. The van der Waals surface area contributed by atoms with Gasteiger partial charge in [0.15, 0.2) is 0 Å². The van der Waals surface area contributed by atoms with E-state index in [1.54, 1.807) is 18.0 Å². The van der Waals surface area contributed by atoms with Crippen molar-refractivity contribution in [1.82, 2.24) is 4.98 Å². The van der Waals surface area contributed by atoms with Crippen molar-refractivity contribution in [2.45, 2.75) is 4.90 Å². The maximum Gasteiger partial charge on any atom is 0.0634 e. The van der Waals surface area contributed by atoms with E-state index in [0.717, 1.165) is 27.8 Å². The minimum absolute atomic E-state index is 0.749. The summed E-state index contributed by atoms with van der Waals surface area (Å²) in [5, 5.41) is 5.45. The second-order valence-corrected chi connectivity index (χ2v) is 5.36. The molecule has 1 aromatic heterocycles.